The molecule has 0 aliphatic heterocycles. The SMILES string of the molecule is c1cc(CNC2CCCCC2)cc(CNC2CCCCC2)c1. The van der Waals surface area contributed by atoms with Gasteiger partial charge in [-0.05, 0) is 36.8 Å². The predicted molar refractivity (Wildman–Crippen MR) is 93.9 cm³/mol. The van der Waals surface area contributed by atoms with Crippen LogP contribution in [-0.4, -0.2) is 12.1 Å². The van der Waals surface area contributed by atoms with E-state index in [9.17, 15) is 0 Å². The Morgan fingerprint density at radius 3 is 1.59 bits per heavy atom. The normalized spacial score (nSPS) is 21.1. The van der Waals surface area contributed by atoms with E-state index in [0.717, 1.165) is 25.2 Å². The summed E-state index contributed by atoms with van der Waals surface area (Å²) >= 11 is 0. The average Bonchev–Trinajstić information content (AvgIpc) is 2.60. The molecule has 0 atom stereocenters. The first-order valence-electron chi connectivity index (χ1n) is 9.45. The van der Waals surface area contributed by atoms with Crippen LogP contribution in [0, 0.1) is 0 Å². The molecule has 3 rings (SSSR count). The predicted octanol–water partition coefficient (Wildman–Crippen LogP) is 4.53. The lowest BCUT2D eigenvalue weighted by molar-refractivity contribution is 0.370. The van der Waals surface area contributed by atoms with Gasteiger partial charge in [-0.2, -0.15) is 0 Å². The fraction of sp³-hybridized carbons (Fsp3) is 0.700. The zero-order valence-electron chi connectivity index (χ0n) is 13.9. The molecule has 2 saturated carbocycles. The number of nitrogens with one attached hydrogen (secondary N) is 2. The van der Waals surface area contributed by atoms with E-state index < -0.39 is 0 Å². The Morgan fingerprint density at radius 1 is 0.682 bits per heavy atom. The van der Waals surface area contributed by atoms with Gasteiger partial charge in [-0.25, -0.2) is 0 Å². The highest BCUT2D eigenvalue weighted by molar-refractivity contribution is 5.23. The van der Waals surface area contributed by atoms with Crippen LogP contribution >= 0.6 is 0 Å². The molecule has 0 amide bonds. The number of hydrogen-bond acceptors (Lipinski definition) is 2. The van der Waals surface area contributed by atoms with Crippen molar-refractivity contribution in [3.8, 4) is 0 Å². The molecular weight excluding hydrogens is 268 g/mol. The largest absolute Gasteiger partial charge is 0.310 e. The minimum absolute atomic E-state index is 0.748. The summed E-state index contributed by atoms with van der Waals surface area (Å²) < 4.78 is 0. The fourth-order valence-electron chi connectivity index (χ4n) is 3.99. The zero-order chi connectivity index (χ0) is 15.0. The molecule has 122 valence electrons. The molecule has 0 unspecified atom stereocenters. The van der Waals surface area contributed by atoms with Crippen molar-refractivity contribution in [2.45, 2.75) is 89.4 Å². The summed E-state index contributed by atoms with van der Waals surface area (Å²) in [5.41, 5.74) is 2.88. The standard InChI is InChI=1S/C20H32N2/c1-3-10-19(11-4-1)21-15-17-8-7-9-18(14-17)16-22-20-12-5-2-6-13-20/h7-9,14,19-22H,1-6,10-13,15-16H2. The first-order valence-corrected chi connectivity index (χ1v) is 9.45. The molecule has 0 spiro atoms. The molecule has 0 aromatic heterocycles. The monoisotopic (exact) mass is 300 g/mol. The highest BCUT2D eigenvalue weighted by Crippen LogP contribution is 2.19. The molecule has 1 aromatic rings. The summed E-state index contributed by atoms with van der Waals surface area (Å²) in [6, 6.07) is 10.6. The Balaban J connectivity index is 1.44. The second-order valence-electron chi connectivity index (χ2n) is 7.25. The van der Waals surface area contributed by atoms with Crippen LogP contribution in [0.2, 0.25) is 0 Å². The Labute approximate surface area is 136 Å². The first kappa shape index (κ1) is 16.0. The zero-order valence-corrected chi connectivity index (χ0v) is 13.9. The molecule has 2 aliphatic rings. The molecule has 0 bridgehead atoms. The van der Waals surface area contributed by atoms with Gasteiger partial charge in [-0.3, -0.25) is 0 Å². The second kappa shape index (κ2) is 8.69. The molecule has 2 nitrogen and oxygen atoms in total. The maximum Gasteiger partial charge on any atom is 0.0208 e. The third-order valence-corrected chi connectivity index (χ3v) is 5.39. The maximum absolute atomic E-state index is 3.75. The van der Waals surface area contributed by atoms with E-state index in [4.69, 9.17) is 0 Å². The summed E-state index contributed by atoms with van der Waals surface area (Å²) in [6.07, 6.45) is 13.9. The van der Waals surface area contributed by atoms with Crippen molar-refractivity contribution in [3.05, 3.63) is 35.4 Å². The van der Waals surface area contributed by atoms with Gasteiger partial charge in [0.1, 0.15) is 0 Å². The summed E-state index contributed by atoms with van der Waals surface area (Å²) in [7, 11) is 0. The van der Waals surface area contributed by atoms with E-state index in [2.05, 4.69) is 34.9 Å². The average molecular weight is 300 g/mol. The van der Waals surface area contributed by atoms with Gasteiger partial charge in [0.25, 0.3) is 0 Å². The minimum Gasteiger partial charge on any atom is -0.310 e. The van der Waals surface area contributed by atoms with Gasteiger partial charge in [0, 0.05) is 25.2 Å². The Kier molecular flexibility index (Phi) is 6.32. The van der Waals surface area contributed by atoms with Crippen LogP contribution in [0.5, 0.6) is 0 Å². The highest BCUT2D eigenvalue weighted by atomic mass is 14.9. The second-order valence-corrected chi connectivity index (χ2v) is 7.25. The Morgan fingerprint density at radius 2 is 1.14 bits per heavy atom. The summed E-state index contributed by atoms with van der Waals surface area (Å²) in [6.45, 7) is 2.06. The van der Waals surface area contributed by atoms with Crippen molar-refractivity contribution in [3.63, 3.8) is 0 Å². The summed E-state index contributed by atoms with van der Waals surface area (Å²) in [4.78, 5) is 0. The lowest BCUT2D eigenvalue weighted by atomic mass is 9.95. The van der Waals surface area contributed by atoms with Gasteiger partial charge in [0.15, 0.2) is 0 Å². The Hall–Kier alpha value is -0.860. The minimum atomic E-state index is 0.748. The van der Waals surface area contributed by atoms with Crippen LogP contribution < -0.4 is 10.6 Å². The third-order valence-electron chi connectivity index (χ3n) is 5.39. The van der Waals surface area contributed by atoms with Crippen molar-refractivity contribution in [2.75, 3.05) is 0 Å². The molecule has 0 heterocycles. The maximum atomic E-state index is 3.75. The smallest absolute Gasteiger partial charge is 0.0208 e. The molecule has 2 N–H and O–H groups in total. The van der Waals surface area contributed by atoms with Gasteiger partial charge in [0.2, 0.25) is 0 Å². The lowest BCUT2D eigenvalue weighted by Crippen LogP contribution is -2.31. The van der Waals surface area contributed by atoms with Crippen molar-refractivity contribution in [1.29, 1.82) is 0 Å². The molecule has 2 heteroatoms. The van der Waals surface area contributed by atoms with E-state index in [1.54, 1.807) is 0 Å². The van der Waals surface area contributed by atoms with Gasteiger partial charge in [0.05, 0.1) is 0 Å². The third kappa shape index (κ3) is 5.10. The Bertz CT molecular complexity index is 394. The quantitative estimate of drug-likeness (QED) is 0.806. The van der Waals surface area contributed by atoms with Crippen LogP contribution in [0.3, 0.4) is 0 Å². The highest BCUT2D eigenvalue weighted by Gasteiger charge is 2.13. The number of benzene rings is 1. The van der Waals surface area contributed by atoms with E-state index in [-0.39, 0.29) is 0 Å². The number of rotatable bonds is 6. The molecule has 2 aliphatic carbocycles. The van der Waals surface area contributed by atoms with Gasteiger partial charge in [-0.15, -0.1) is 0 Å². The molecule has 0 radical (unpaired) electrons. The molecule has 0 saturated heterocycles. The first-order chi connectivity index (χ1) is 10.9. The van der Waals surface area contributed by atoms with Crippen LogP contribution in [0.25, 0.3) is 0 Å². The van der Waals surface area contributed by atoms with Crippen LogP contribution in [-0.2, 0) is 13.1 Å². The fourth-order valence-corrected chi connectivity index (χ4v) is 3.99. The lowest BCUT2D eigenvalue weighted by Gasteiger charge is -2.24. The molecule has 2 fully saturated rings. The van der Waals surface area contributed by atoms with E-state index in [0.29, 0.717) is 0 Å². The van der Waals surface area contributed by atoms with Gasteiger partial charge in [-0.1, -0.05) is 62.8 Å². The van der Waals surface area contributed by atoms with Crippen LogP contribution in [0.4, 0.5) is 0 Å². The van der Waals surface area contributed by atoms with Crippen LogP contribution in [0.1, 0.15) is 75.3 Å². The van der Waals surface area contributed by atoms with Gasteiger partial charge < -0.3 is 10.6 Å². The van der Waals surface area contributed by atoms with E-state index in [1.807, 2.05) is 0 Å². The van der Waals surface area contributed by atoms with E-state index in [1.165, 1.54) is 75.3 Å². The van der Waals surface area contributed by atoms with Crippen molar-refractivity contribution in [1.82, 2.24) is 10.6 Å². The molecule has 1 aromatic carbocycles. The van der Waals surface area contributed by atoms with Gasteiger partial charge >= 0.3 is 0 Å². The van der Waals surface area contributed by atoms with E-state index >= 15 is 0 Å². The van der Waals surface area contributed by atoms with Crippen molar-refractivity contribution in [2.24, 2.45) is 0 Å². The van der Waals surface area contributed by atoms with Crippen molar-refractivity contribution < 1.29 is 0 Å². The van der Waals surface area contributed by atoms with Crippen molar-refractivity contribution >= 4 is 0 Å². The van der Waals surface area contributed by atoms with Crippen LogP contribution in [0.15, 0.2) is 24.3 Å². The molecule has 22 heavy (non-hydrogen) atoms. The number of hydrogen-bond donors (Lipinski definition) is 2. The topological polar surface area (TPSA) is 24.1 Å². The summed E-state index contributed by atoms with van der Waals surface area (Å²) in [5, 5.41) is 7.50. The molecular formula is C20H32N2. The summed E-state index contributed by atoms with van der Waals surface area (Å²) in [5.74, 6) is 0.